The summed E-state index contributed by atoms with van der Waals surface area (Å²) in [5.74, 6) is 1.14. The molecule has 2 unspecified atom stereocenters. The standard InChI is InChI=1S/C16H21.C7H9OSi.2ClH.Zr/c1-10(2)13-8-14-6-12(5)7-16(14)15(9-13)11(3)4;1-9(8)7-5-3-2-4-6-7;;;/h6-11H,1-5H3;2-6,9H,1H3;2*1H;/q;-1;;;+3/p-2. The quantitative estimate of drug-likeness (QED) is 0.482. The first-order valence-corrected chi connectivity index (χ1v) is 14.3. The summed E-state index contributed by atoms with van der Waals surface area (Å²) in [6.07, 6.45) is 2.44. The number of hydrogen-bond acceptors (Lipinski definition) is 1. The van der Waals surface area contributed by atoms with Gasteiger partial charge in [-0.25, -0.2) is 0 Å². The Morgan fingerprint density at radius 2 is 1.61 bits per heavy atom. The van der Waals surface area contributed by atoms with Gasteiger partial charge in [-0.05, 0) is 0 Å². The maximum atomic E-state index is 6.61. The van der Waals surface area contributed by atoms with Crippen LogP contribution in [0.5, 0.6) is 0 Å². The molecular weight excluding hydrogens is 482 g/mol. The summed E-state index contributed by atoms with van der Waals surface area (Å²) in [6, 6.07) is 15.7. The third kappa shape index (κ3) is 5.70. The predicted octanol–water partition coefficient (Wildman–Crippen LogP) is -0.326. The Bertz CT molecular complexity index is 806. The Hall–Kier alpha value is -0.180. The van der Waals surface area contributed by atoms with Crippen LogP contribution in [0.1, 0.15) is 72.3 Å². The van der Waals surface area contributed by atoms with Crippen LogP contribution in [-0.4, -0.2) is 9.04 Å². The molecule has 1 aliphatic rings. The molecule has 5 heteroatoms. The van der Waals surface area contributed by atoms with Crippen molar-refractivity contribution in [1.29, 1.82) is 0 Å². The first kappa shape index (κ1) is 25.9. The number of allylic oxidation sites excluding steroid dienone is 1. The Kier molecular flexibility index (Phi) is 10.4. The number of hydrogen-bond donors (Lipinski definition) is 0. The smallest absolute Gasteiger partial charge is 1.00 e. The van der Waals surface area contributed by atoms with Gasteiger partial charge in [-0.2, -0.15) is 0 Å². The number of fused-ring (bicyclic) bond motifs is 1. The first-order valence-electron chi connectivity index (χ1n) is 9.70. The van der Waals surface area contributed by atoms with Crippen molar-refractivity contribution < 1.29 is 51.0 Å². The molecule has 28 heavy (non-hydrogen) atoms. The van der Waals surface area contributed by atoms with Gasteiger partial charge in [0, 0.05) is 0 Å². The van der Waals surface area contributed by atoms with E-state index in [1.165, 1.54) is 27.5 Å². The Balaban J connectivity index is 0.00000196. The Morgan fingerprint density at radius 3 is 2.18 bits per heavy atom. The predicted molar refractivity (Wildman–Crippen MR) is 111 cm³/mol. The molecule has 0 aromatic heterocycles. The summed E-state index contributed by atoms with van der Waals surface area (Å²) in [5.41, 5.74) is 7.56. The molecule has 0 spiro atoms. The minimum Gasteiger partial charge on any atom is -1.00 e. The van der Waals surface area contributed by atoms with Crippen LogP contribution >= 0.6 is 0 Å². The van der Waals surface area contributed by atoms with Crippen molar-refractivity contribution in [2.45, 2.75) is 56.6 Å². The van der Waals surface area contributed by atoms with Crippen molar-refractivity contribution in [3.63, 3.8) is 0 Å². The van der Waals surface area contributed by atoms with Crippen LogP contribution in [-0.2, 0) is 26.2 Å². The van der Waals surface area contributed by atoms with Crippen molar-refractivity contribution in [2.75, 3.05) is 0 Å². The molecule has 0 radical (unpaired) electrons. The molecule has 0 fully saturated rings. The van der Waals surface area contributed by atoms with Crippen molar-refractivity contribution in [3.05, 3.63) is 70.3 Å². The monoisotopic (exact) mass is 510 g/mol. The van der Waals surface area contributed by atoms with Crippen molar-refractivity contribution in [1.82, 2.24) is 0 Å². The second-order valence-corrected chi connectivity index (χ2v) is 14.0. The van der Waals surface area contributed by atoms with Gasteiger partial charge in [-0.1, -0.05) is 0 Å². The maximum Gasteiger partial charge on any atom is -1.00 e. The molecule has 3 rings (SSSR count). The molecule has 0 aliphatic heterocycles. The summed E-state index contributed by atoms with van der Waals surface area (Å²) < 4.78 is 7.18. The van der Waals surface area contributed by atoms with Gasteiger partial charge in [-0.15, -0.1) is 0 Å². The summed E-state index contributed by atoms with van der Waals surface area (Å²) in [6.45, 7) is 13.9. The van der Waals surface area contributed by atoms with Gasteiger partial charge in [0.05, 0.1) is 0 Å². The van der Waals surface area contributed by atoms with E-state index in [1.54, 1.807) is 5.56 Å². The molecule has 2 atom stereocenters. The fourth-order valence-electron chi connectivity index (χ4n) is 3.61. The SMILES string of the molecule is CC1=Cc2c(C(C)C)cc(C(C)C)cc2[CH]1[Zr+2][O][SiH](C)c1ccccc1.[Cl-].[Cl-]. The summed E-state index contributed by atoms with van der Waals surface area (Å²) >= 11 is -0.972. The zero-order valence-corrected chi connectivity index (χ0v) is 22.7. The molecule has 0 amide bonds. The third-order valence-electron chi connectivity index (χ3n) is 5.33. The van der Waals surface area contributed by atoms with Crippen LogP contribution in [0.15, 0.2) is 48.0 Å². The van der Waals surface area contributed by atoms with E-state index < -0.39 is 32.7 Å². The van der Waals surface area contributed by atoms with E-state index in [0.29, 0.717) is 15.5 Å². The van der Waals surface area contributed by atoms with Gasteiger partial charge in [0.1, 0.15) is 0 Å². The van der Waals surface area contributed by atoms with Crippen LogP contribution in [0.25, 0.3) is 6.08 Å². The van der Waals surface area contributed by atoms with E-state index in [-0.39, 0.29) is 24.8 Å². The van der Waals surface area contributed by atoms with Crippen LogP contribution in [0.3, 0.4) is 0 Å². The summed E-state index contributed by atoms with van der Waals surface area (Å²) in [7, 11) is -1.27. The third-order valence-corrected chi connectivity index (χ3v) is 13.2. The zero-order chi connectivity index (χ0) is 18.8. The van der Waals surface area contributed by atoms with E-state index in [9.17, 15) is 0 Å². The normalized spacial score (nSPS) is 16.0. The van der Waals surface area contributed by atoms with Gasteiger partial charge in [-0.3, -0.25) is 0 Å². The molecule has 0 N–H and O–H groups in total. The van der Waals surface area contributed by atoms with Crippen LogP contribution < -0.4 is 30.0 Å². The van der Waals surface area contributed by atoms with Crippen molar-refractivity contribution in [3.8, 4) is 0 Å². The van der Waals surface area contributed by atoms with E-state index in [4.69, 9.17) is 2.50 Å². The summed E-state index contributed by atoms with van der Waals surface area (Å²) in [4.78, 5) is 0. The van der Waals surface area contributed by atoms with Gasteiger partial charge >= 0.3 is 173 Å². The minimum absolute atomic E-state index is 0. The number of benzene rings is 2. The van der Waals surface area contributed by atoms with E-state index in [1.807, 2.05) is 0 Å². The van der Waals surface area contributed by atoms with Gasteiger partial charge in [0.25, 0.3) is 0 Å². The molecule has 2 aromatic carbocycles. The van der Waals surface area contributed by atoms with Crippen LogP contribution in [0.4, 0.5) is 0 Å². The molecular formula is C23H30Cl2OSiZr. The molecule has 2 aromatic rings. The Labute approximate surface area is 197 Å². The summed E-state index contributed by atoms with van der Waals surface area (Å²) in [5, 5.41) is 1.42. The van der Waals surface area contributed by atoms with E-state index in [0.717, 1.165) is 0 Å². The molecule has 0 heterocycles. The largest absolute Gasteiger partial charge is 1.00 e. The maximum absolute atomic E-state index is 6.61. The first-order chi connectivity index (χ1) is 12.4. The fraction of sp³-hybridized carbons (Fsp3) is 0.391. The van der Waals surface area contributed by atoms with Crippen molar-refractivity contribution >= 4 is 20.3 Å². The van der Waals surface area contributed by atoms with Crippen molar-refractivity contribution in [2.24, 2.45) is 0 Å². The second-order valence-electron chi connectivity index (χ2n) is 8.03. The topological polar surface area (TPSA) is 9.23 Å². The molecule has 150 valence electrons. The molecule has 0 saturated carbocycles. The van der Waals surface area contributed by atoms with Gasteiger partial charge in [0.2, 0.25) is 0 Å². The second kappa shape index (κ2) is 11.3. The molecule has 0 saturated heterocycles. The zero-order valence-electron chi connectivity index (χ0n) is 17.6. The van der Waals surface area contributed by atoms with E-state index in [2.05, 4.69) is 89.7 Å². The van der Waals surface area contributed by atoms with Crippen LogP contribution in [0.2, 0.25) is 6.55 Å². The average Bonchev–Trinajstić information content (AvgIpc) is 2.94. The molecule has 1 nitrogen and oxygen atoms in total. The number of rotatable bonds is 6. The average molecular weight is 513 g/mol. The van der Waals surface area contributed by atoms with Gasteiger partial charge < -0.3 is 24.8 Å². The number of halogens is 2. The van der Waals surface area contributed by atoms with E-state index >= 15 is 0 Å². The Morgan fingerprint density at radius 1 is 0.964 bits per heavy atom. The van der Waals surface area contributed by atoms with Gasteiger partial charge in [0.15, 0.2) is 0 Å². The minimum atomic E-state index is -1.27. The van der Waals surface area contributed by atoms with Crippen LogP contribution in [0, 0.1) is 0 Å². The molecule has 0 bridgehead atoms. The fourth-order valence-corrected chi connectivity index (χ4v) is 9.93. The molecule has 1 aliphatic carbocycles.